The third-order valence-corrected chi connectivity index (χ3v) is 3.60. The molecule has 1 heterocycles. The first-order chi connectivity index (χ1) is 10.7. The molecule has 1 N–H and O–H groups in total. The molecule has 1 aromatic heterocycles. The molecule has 1 aliphatic rings. The molecule has 2 aromatic rings. The lowest BCUT2D eigenvalue weighted by molar-refractivity contribution is 0.271. The van der Waals surface area contributed by atoms with E-state index in [2.05, 4.69) is 41.3 Å². The molecule has 0 amide bonds. The molecule has 0 atom stereocenters. The van der Waals surface area contributed by atoms with Gasteiger partial charge in [0.2, 0.25) is 0 Å². The normalized spacial score (nSPS) is 14.1. The van der Waals surface area contributed by atoms with Crippen molar-refractivity contribution in [3.63, 3.8) is 0 Å². The lowest BCUT2D eigenvalue weighted by Gasteiger charge is -2.10. The fraction of sp³-hybridized carbons (Fsp3) is 0.444. The minimum Gasteiger partial charge on any atom is -0.493 e. The smallest absolute Gasteiger partial charge is 0.133 e. The zero-order chi connectivity index (χ0) is 15.4. The van der Waals surface area contributed by atoms with Crippen molar-refractivity contribution in [1.82, 2.24) is 9.97 Å². The van der Waals surface area contributed by atoms with Gasteiger partial charge in [-0.15, -0.1) is 0 Å². The molecule has 0 aliphatic heterocycles. The monoisotopic (exact) mass is 297 g/mol. The van der Waals surface area contributed by atoms with Crippen LogP contribution in [0.3, 0.4) is 0 Å². The number of anilines is 1. The van der Waals surface area contributed by atoms with E-state index in [0.29, 0.717) is 11.8 Å². The predicted octanol–water partition coefficient (Wildman–Crippen LogP) is 4.00. The Morgan fingerprint density at radius 3 is 2.64 bits per heavy atom. The first-order valence-electron chi connectivity index (χ1n) is 7.99. The van der Waals surface area contributed by atoms with Crippen LogP contribution in [0.15, 0.2) is 36.5 Å². The highest BCUT2D eigenvalue weighted by Crippen LogP contribution is 2.38. The third-order valence-electron chi connectivity index (χ3n) is 3.60. The van der Waals surface area contributed by atoms with E-state index in [9.17, 15) is 0 Å². The van der Waals surface area contributed by atoms with E-state index in [1.54, 1.807) is 0 Å². The second-order valence-corrected chi connectivity index (χ2v) is 6.28. The SMILES string of the molecule is CC(C)COc1ccc(CNc2ccnc(C3CC3)n2)cc1. The molecule has 3 rings (SSSR count). The van der Waals surface area contributed by atoms with E-state index in [4.69, 9.17) is 4.74 Å². The van der Waals surface area contributed by atoms with E-state index in [1.165, 1.54) is 18.4 Å². The van der Waals surface area contributed by atoms with Crippen molar-refractivity contribution in [3.05, 3.63) is 47.9 Å². The molecular weight excluding hydrogens is 274 g/mol. The summed E-state index contributed by atoms with van der Waals surface area (Å²) in [7, 11) is 0. The Hall–Kier alpha value is -2.10. The predicted molar refractivity (Wildman–Crippen MR) is 88.1 cm³/mol. The molecule has 0 saturated heterocycles. The molecule has 0 bridgehead atoms. The minimum absolute atomic E-state index is 0.541. The molecule has 4 nitrogen and oxygen atoms in total. The summed E-state index contributed by atoms with van der Waals surface area (Å²) in [5.41, 5.74) is 1.21. The maximum Gasteiger partial charge on any atom is 0.133 e. The third kappa shape index (κ3) is 4.20. The van der Waals surface area contributed by atoms with E-state index in [0.717, 1.165) is 30.5 Å². The zero-order valence-electron chi connectivity index (χ0n) is 13.2. The Bertz CT molecular complexity index is 606. The number of rotatable bonds is 7. The van der Waals surface area contributed by atoms with E-state index < -0.39 is 0 Å². The van der Waals surface area contributed by atoms with Gasteiger partial charge in [-0.2, -0.15) is 0 Å². The fourth-order valence-corrected chi connectivity index (χ4v) is 2.17. The number of nitrogens with zero attached hydrogens (tertiary/aromatic N) is 2. The maximum absolute atomic E-state index is 5.69. The quantitative estimate of drug-likeness (QED) is 0.839. The molecule has 1 saturated carbocycles. The van der Waals surface area contributed by atoms with Crippen molar-refractivity contribution < 1.29 is 4.74 Å². The summed E-state index contributed by atoms with van der Waals surface area (Å²) in [6, 6.07) is 10.1. The van der Waals surface area contributed by atoms with Crippen LogP contribution in [0.1, 0.15) is 44.0 Å². The van der Waals surface area contributed by atoms with Crippen molar-refractivity contribution >= 4 is 5.82 Å². The molecule has 0 radical (unpaired) electrons. The van der Waals surface area contributed by atoms with Crippen LogP contribution in [0.4, 0.5) is 5.82 Å². The zero-order valence-corrected chi connectivity index (χ0v) is 13.2. The Balaban J connectivity index is 1.53. The first kappa shape index (κ1) is 14.8. The van der Waals surface area contributed by atoms with Crippen LogP contribution in [0.2, 0.25) is 0 Å². The fourth-order valence-electron chi connectivity index (χ4n) is 2.17. The summed E-state index contributed by atoms with van der Waals surface area (Å²) in [6.07, 6.45) is 4.29. The van der Waals surface area contributed by atoms with E-state index in [-0.39, 0.29) is 0 Å². The van der Waals surface area contributed by atoms with Crippen LogP contribution in [0.25, 0.3) is 0 Å². The molecule has 1 aromatic carbocycles. The summed E-state index contributed by atoms with van der Waals surface area (Å²) >= 11 is 0. The number of aromatic nitrogens is 2. The first-order valence-corrected chi connectivity index (χ1v) is 7.99. The van der Waals surface area contributed by atoms with E-state index in [1.807, 2.05) is 24.4 Å². The summed E-state index contributed by atoms with van der Waals surface area (Å²) < 4.78 is 5.69. The van der Waals surface area contributed by atoms with Gasteiger partial charge in [-0.3, -0.25) is 0 Å². The van der Waals surface area contributed by atoms with Crippen molar-refractivity contribution in [2.24, 2.45) is 5.92 Å². The topological polar surface area (TPSA) is 47.0 Å². The lowest BCUT2D eigenvalue weighted by Crippen LogP contribution is -2.05. The van der Waals surface area contributed by atoms with Crippen molar-refractivity contribution in [2.45, 2.75) is 39.2 Å². The molecule has 1 fully saturated rings. The van der Waals surface area contributed by atoms with Crippen LogP contribution in [0.5, 0.6) is 5.75 Å². The van der Waals surface area contributed by atoms with Crippen LogP contribution < -0.4 is 10.1 Å². The van der Waals surface area contributed by atoms with Crippen LogP contribution >= 0.6 is 0 Å². The lowest BCUT2D eigenvalue weighted by atomic mass is 10.2. The number of benzene rings is 1. The number of nitrogens with one attached hydrogen (secondary N) is 1. The van der Waals surface area contributed by atoms with Gasteiger partial charge in [0.1, 0.15) is 17.4 Å². The van der Waals surface area contributed by atoms with Crippen LogP contribution in [0, 0.1) is 5.92 Å². The molecular formula is C18H23N3O. The van der Waals surface area contributed by atoms with Crippen molar-refractivity contribution in [1.29, 1.82) is 0 Å². The largest absolute Gasteiger partial charge is 0.493 e. The number of hydrogen-bond acceptors (Lipinski definition) is 4. The summed E-state index contributed by atoms with van der Waals surface area (Å²) in [5, 5.41) is 3.36. The average molecular weight is 297 g/mol. The molecule has 0 unspecified atom stereocenters. The van der Waals surface area contributed by atoms with E-state index >= 15 is 0 Å². The second kappa shape index (κ2) is 6.77. The molecule has 22 heavy (non-hydrogen) atoms. The Morgan fingerprint density at radius 2 is 1.95 bits per heavy atom. The van der Waals surface area contributed by atoms with Crippen molar-refractivity contribution in [3.8, 4) is 5.75 Å². The molecule has 1 aliphatic carbocycles. The van der Waals surface area contributed by atoms with Crippen LogP contribution in [-0.2, 0) is 6.54 Å². The Morgan fingerprint density at radius 1 is 1.18 bits per heavy atom. The number of ether oxygens (including phenoxy) is 1. The van der Waals surface area contributed by atoms with Crippen LogP contribution in [-0.4, -0.2) is 16.6 Å². The minimum atomic E-state index is 0.541. The summed E-state index contributed by atoms with van der Waals surface area (Å²) in [5.74, 6) is 3.92. The average Bonchev–Trinajstić information content (AvgIpc) is 3.37. The second-order valence-electron chi connectivity index (χ2n) is 6.28. The van der Waals surface area contributed by atoms with Gasteiger partial charge in [0.15, 0.2) is 0 Å². The van der Waals surface area contributed by atoms with Gasteiger partial charge in [-0.05, 0) is 42.5 Å². The van der Waals surface area contributed by atoms with Gasteiger partial charge < -0.3 is 10.1 Å². The summed E-state index contributed by atoms with van der Waals surface area (Å²) in [6.45, 7) is 5.81. The summed E-state index contributed by atoms with van der Waals surface area (Å²) in [4.78, 5) is 8.90. The Kier molecular flexibility index (Phi) is 4.56. The molecule has 0 spiro atoms. The van der Waals surface area contributed by atoms with Gasteiger partial charge in [0.25, 0.3) is 0 Å². The highest BCUT2D eigenvalue weighted by Gasteiger charge is 2.26. The number of hydrogen-bond donors (Lipinski definition) is 1. The van der Waals surface area contributed by atoms with Gasteiger partial charge in [-0.25, -0.2) is 9.97 Å². The van der Waals surface area contributed by atoms with Gasteiger partial charge >= 0.3 is 0 Å². The maximum atomic E-state index is 5.69. The van der Waals surface area contributed by atoms with Gasteiger partial charge in [0, 0.05) is 18.7 Å². The standard InChI is InChI=1S/C18H23N3O/c1-13(2)12-22-16-7-3-14(4-8-16)11-20-17-9-10-19-18(21-17)15-5-6-15/h3-4,7-10,13,15H,5-6,11-12H2,1-2H3,(H,19,20,21). The van der Waals surface area contributed by atoms with Gasteiger partial charge in [0.05, 0.1) is 6.61 Å². The molecule has 4 heteroatoms. The van der Waals surface area contributed by atoms with Gasteiger partial charge in [-0.1, -0.05) is 26.0 Å². The highest BCUT2D eigenvalue weighted by atomic mass is 16.5. The van der Waals surface area contributed by atoms with Crippen molar-refractivity contribution in [2.75, 3.05) is 11.9 Å². The molecule has 116 valence electrons. The Labute approximate surface area is 132 Å². The highest BCUT2D eigenvalue weighted by molar-refractivity contribution is 5.36.